The van der Waals surface area contributed by atoms with Crippen molar-refractivity contribution in [2.24, 2.45) is 0 Å². The first-order valence-corrected chi connectivity index (χ1v) is 7.06. The van der Waals surface area contributed by atoms with E-state index in [4.69, 9.17) is 39.5 Å². The normalized spacial score (nSPS) is 10.4. The molecule has 0 aliphatic carbocycles. The first-order valence-electron chi connectivity index (χ1n) is 5.13. The summed E-state index contributed by atoms with van der Waals surface area (Å²) < 4.78 is 6.15. The van der Waals surface area contributed by atoms with Gasteiger partial charge in [0.25, 0.3) is 0 Å². The van der Waals surface area contributed by atoms with E-state index in [1.54, 1.807) is 7.11 Å². The van der Waals surface area contributed by atoms with Crippen molar-refractivity contribution in [2.75, 3.05) is 12.4 Å². The second-order valence-electron chi connectivity index (χ2n) is 3.56. The Morgan fingerprint density at radius 2 is 1.89 bits per heavy atom. The summed E-state index contributed by atoms with van der Waals surface area (Å²) in [5.41, 5.74) is 0.713. The Kier molecular flexibility index (Phi) is 4.79. The van der Waals surface area contributed by atoms with Crippen LogP contribution in [0, 0.1) is 0 Å². The van der Waals surface area contributed by atoms with Gasteiger partial charge in [0.15, 0.2) is 5.82 Å². The van der Waals surface area contributed by atoms with Crippen LogP contribution >= 0.6 is 50.7 Å². The van der Waals surface area contributed by atoms with E-state index in [0.717, 1.165) is 4.47 Å². The largest absolute Gasteiger partial charge is 0.495 e. The lowest BCUT2D eigenvalue weighted by atomic mass is 10.3. The zero-order valence-electron chi connectivity index (χ0n) is 9.68. The van der Waals surface area contributed by atoms with Gasteiger partial charge in [0.2, 0.25) is 0 Å². The van der Waals surface area contributed by atoms with Crippen LogP contribution in [0.5, 0.6) is 5.75 Å². The summed E-state index contributed by atoms with van der Waals surface area (Å²) in [4.78, 5) is 4.09. The molecule has 0 aliphatic heterocycles. The van der Waals surface area contributed by atoms with Gasteiger partial charge < -0.3 is 10.1 Å². The monoisotopic (exact) mass is 380 g/mol. The average Bonchev–Trinajstić information content (AvgIpc) is 2.36. The molecule has 0 radical (unpaired) electrons. The third kappa shape index (κ3) is 3.45. The number of nitrogens with one attached hydrogen (secondary N) is 1. The lowest BCUT2D eigenvalue weighted by Gasteiger charge is -2.12. The summed E-state index contributed by atoms with van der Waals surface area (Å²) >= 11 is 21.2. The van der Waals surface area contributed by atoms with Crippen molar-refractivity contribution < 1.29 is 4.74 Å². The molecule has 1 aromatic heterocycles. The fraction of sp³-hybridized carbons (Fsp3) is 0.0833. The summed E-state index contributed by atoms with van der Waals surface area (Å²) in [6.07, 6.45) is 0. The van der Waals surface area contributed by atoms with Gasteiger partial charge in [0.05, 0.1) is 22.8 Å². The number of hydrogen-bond acceptors (Lipinski definition) is 3. The molecule has 7 heteroatoms. The maximum absolute atomic E-state index is 6.07. The molecule has 2 aromatic rings. The Hall–Kier alpha value is -0.680. The molecule has 2 rings (SSSR count). The molecule has 0 spiro atoms. The zero-order valence-corrected chi connectivity index (χ0v) is 13.5. The number of ether oxygens (including phenoxy) is 1. The number of benzene rings is 1. The van der Waals surface area contributed by atoms with E-state index in [1.165, 1.54) is 6.07 Å². The molecule has 100 valence electrons. The maximum Gasteiger partial charge on any atom is 0.151 e. The van der Waals surface area contributed by atoms with Gasteiger partial charge in [-0.1, -0.05) is 50.7 Å². The number of rotatable bonds is 3. The highest BCUT2D eigenvalue weighted by Crippen LogP contribution is 2.34. The zero-order chi connectivity index (χ0) is 14.0. The fourth-order valence-corrected chi connectivity index (χ4v) is 2.34. The minimum atomic E-state index is 0.183. The minimum absolute atomic E-state index is 0.183. The van der Waals surface area contributed by atoms with Crippen LogP contribution in [0.15, 0.2) is 28.7 Å². The van der Waals surface area contributed by atoms with E-state index in [1.807, 2.05) is 18.2 Å². The van der Waals surface area contributed by atoms with Crippen LogP contribution in [0.2, 0.25) is 15.2 Å². The summed E-state index contributed by atoms with van der Waals surface area (Å²) in [6, 6.07) is 7.07. The van der Waals surface area contributed by atoms with Gasteiger partial charge in [0, 0.05) is 4.47 Å². The molecule has 0 saturated carbocycles. The number of methoxy groups -OCH3 is 1. The molecule has 1 aromatic carbocycles. The highest BCUT2D eigenvalue weighted by Gasteiger charge is 2.11. The first-order chi connectivity index (χ1) is 9.01. The molecule has 1 N–H and O–H groups in total. The average molecular weight is 382 g/mol. The third-order valence-electron chi connectivity index (χ3n) is 2.30. The number of anilines is 2. The molecule has 19 heavy (non-hydrogen) atoms. The molecule has 0 atom stereocenters. The number of nitrogens with zero attached hydrogens (tertiary/aromatic N) is 1. The van der Waals surface area contributed by atoms with E-state index in [9.17, 15) is 0 Å². The maximum atomic E-state index is 6.07. The summed E-state index contributed by atoms with van der Waals surface area (Å²) in [5, 5.41) is 3.92. The van der Waals surface area contributed by atoms with Crippen molar-refractivity contribution in [2.45, 2.75) is 0 Å². The molecule has 1 heterocycles. The molecule has 0 fully saturated rings. The first kappa shape index (κ1) is 14.7. The second-order valence-corrected chi connectivity index (χ2v) is 5.65. The van der Waals surface area contributed by atoms with E-state index in [-0.39, 0.29) is 5.15 Å². The smallest absolute Gasteiger partial charge is 0.151 e. The second kappa shape index (κ2) is 6.18. The molecule has 0 aliphatic rings. The van der Waals surface area contributed by atoms with Crippen molar-refractivity contribution in [1.29, 1.82) is 0 Å². The van der Waals surface area contributed by atoms with Gasteiger partial charge in [0.1, 0.15) is 10.9 Å². The van der Waals surface area contributed by atoms with Gasteiger partial charge in [-0.2, -0.15) is 0 Å². The molecule has 0 amide bonds. The van der Waals surface area contributed by atoms with Crippen LogP contribution in [-0.4, -0.2) is 12.1 Å². The summed E-state index contributed by atoms with van der Waals surface area (Å²) in [6.45, 7) is 0. The van der Waals surface area contributed by atoms with Crippen LogP contribution in [-0.2, 0) is 0 Å². The Labute approximate surface area is 134 Å². The number of aromatic nitrogens is 1. The van der Waals surface area contributed by atoms with E-state index < -0.39 is 0 Å². The van der Waals surface area contributed by atoms with Crippen LogP contribution in [0.25, 0.3) is 0 Å². The quantitative estimate of drug-likeness (QED) is 0.706. The highest BCUT2D eigenvalue weighted by molar-refractivity contribution is 9.10. The Bertz CT molecular complexity index is 622. The van der Waals surface area contributed by atoms with Crippen LogP contribution in [0.1, 0.15) is 0 Å². The van der Waals surface area contributed by atoms with Crippen molar-refractivity contribution in [3.63, 3.8) is 0 Å². The Balaban J connectivity index is 2.41. The predicted octanol–water partition coefficient (Wildman–Crippen LogP) is 5.56. The molecule has 0 saturated heterocycles. The Morgan fingerprint density at radius 3 is 2.58 bits per heavy atom. The van der Waals surface area contributed by atoms with E-state index in [0.29, 0.717) is 27.3 Å². The van der Waals surface area contributed by atoms with Gasteiger partial charge in [-0.25, -0.2) is 4.98 Å². The number of halogens is 4. The van der Waals surface area contributed by atoms with Crippen LogP contribution < -0.4 is 10.1 Å². The van der Waals surface area contributed by atoms with Crippen LogP contribution in [0.4, 0.5) is 11.5 Å². The number of pyridine rings is 1. The van der Waals surface area contributed by atoms with E-state index >= 15 is 0 Å². The van der Waals surface area contributed by atoms with Gasteiger partial charge in [-0.3, -0.25) is 0 Å². The summed E-state index contributed by atoms with van der Waals surface area (Å²) in [5.74, 6) is 1.07. The lowest BCUT2D eigenvalue weighted by molar-refractivity contribution is 0.416. The third-order valence-corrected chi connectivity index (χ3v) is 3.76. The van der Waals surface area contributed by atoms with E-state index in [2.05, 4.69) is 26.2 Å². The predicted molar refractivity (Wildman–Crippen MR) is 83.2 cm³/mol. The molecular weight excluding hydrogens is 374 g/mol. The molecule has 3 nitrogen and oxygen atoms in total. The number of hydrogen-bond donors (Lipinski definition) is 1. The highest BCUT2D eigenvalue weighted by atomic mass is 79.9. The van der Waals surface area contributed by atoms with Gasteiger partial charge >= 0.3 is 0 Å². The molecule has 0 bridgehead atoms. The molecular formula is C12H8BrCl3N2O. The van der Waals surface area contributed by atoms with Crippen molar-refractivity contribution >= 4 is 62.2 Å². The van der Waals surface area contributed by atoms with Crippen LogP contribution in [0.3, 0.4) is 0 Å². The SMILES string of the molecule is COc1ccc(Br)cc1Nc1nc(Cl)c(Cl)cc1Cl. The van der Waals surface area contributed by atoms with Gasteiger partial charge in [-0.05, 0) is 24.3 Å². The molecule has 0 unspecified atom stereocenters. The fourth-order valence-electron chi connectivity index (χ4n) is 1.44. The van der Waals surface area contributed by atoms with Crippen molar-refractivity contribution in [1.82, 2.24) is 4.98 Å². The standard InChI is InChI=1S/C12H8BrCl3N2O/c1-19-10-3-2-6(13)4-9(10)17-12-8(15)5-7(14)11(16)18-12/h2-5H,1H3,(H,17,18). The van der Waals surface area contributed by atoms with Crippen molar-refractivity contribution in [3.8, 4) is 5.75 Å². The topological polar surface area (TPSA) is 34.1 Å². The lowest BCUT2D eigenvalue weighted by Crippen LogP contribution is -1.98. The Morgan fingerprint density at radius 1 is 1.16 bits per heavy atom. The minimum Gasteiger partial charge on any atom is -0.495 e. The summed E-state index contributed by atoms with van der Waals surface area (Å²) in [7, 11) is 1.58. The van der Waals surface area contributed by atoms with Crippen molar-refractivity contribution in [3.05, 3.63) is 43.9 Å². The van der Waals surface area contributed by atoms with Gasteiger partial charge in [-0.15, -0.1) is 0 Å².